The maximum atomic E-state index is 10.9. The van der Waals surface area contributed by atoms with E-state index in [4.69, 9.17) is 10.4 Å². The molecule has 2 rings (SSSR count). The number of nitriles is 1. The van der Waals surface area contributed by atoms with Gasteiger partial charge in [-0.25, -0.2) is 0 Å². The molecule has 1 aromatic rings. The molecular weight excluding hydrogens is 222 g/mol. The number of nitrogens with one attached hydrogen (secondary N) is 1. The van der Waals surface area contributed by atoms with Crippen molar-refractivity contribution >= 4 is 11.4 Å². The van der Waals surface area contributed by atoms with Gasteiger partial charge in [0.15, 0.2) is 0 Å². The van der Waals surface area contributed by atoms with Crippen LogP contribution in [0.15, 0.2) is 18.2 Å². The van der Waals surface area contributed by atoms with Crippen molar-refractivity contribution in [2.75, 3.05) is 11.9 Å². The number of nitro groups is 1. The third kappa shape index (κ3) is 2.19. The second-order valence-electron chi connectivity index (χ2n) is 4.16. The molecule has 0 radical (unpaired) electrons. The minimum Gasteiger partial charge on any atom is -0.394 e. The first kappa shape index (κ1) is 11.4. The third-order valence-corrected chi connectivity index (χ3v) is 2.88. The molecule has 0 aromatic heterocycles. The van der Waals surface area contributed by atoms with Crippen molar-refractivity contribution in [2.24, 2.45) is 0 Å². The first-order chi connectivity index (χ1) is 8.10. The number of nitrogens with zero attached hydrogens (tertiary/aromatic N) is 2. The highest BCUT2D eigenvalue weighted by Gasteiger charge is 2.43. The van der Waals surface area contributed by atoms with Gasteiger partial charge in [-0.05, 0) is 25.0 Å². The summed E-state index contributed by atoms with van der Waals surface area (Å²) in [5.41, 5.74) is 0.0410. The van der Waals surface area contributed by atoms with Crippen LogP contribution in [0.2, 0.25) is 0 Å². The number of rotatable bonds is 4. The van der Waals surface area contributed by atoms with E-state index < -0.39 is 10.5 Å². The van der Waals surface area contributed by atoms with Crippen LogP contribution < -0.4 is 5.32 Å². The third-order valence-electron chi connectivity index (χ3n) is 2.88. The lowest BCUT2D eigenvalue weighted by molar-refractivity contribution is -0.384. The minimum atomic E-state index is -0.531. The summed E-state index contributed by atoms with van der Waals surface area (Å²) in [5.74, 6) is 0. The van der Waals surface area contributed by atoms with E-state index in [1.165, 1.54) is 18.2 Å². The highest BCUT2D eigenvalue weighted by atomic mass is 16.6. The van der Waals surface area contributed by atoms with Crippen LogP contribution in [0.5, 0.6) is 0 Å². The monoisotopic (exact) mass is 233 g/mol. The lowest BCUT2D eigenvalue weighted by Crippen LogP contribution is -2.26. The van der Waals surface area contributed by atoms with Crippen LogP contribution in [0.3, 0.4) is 0 Å². The van der Waals surface area contributed by atoms with Crippen molar-refractivity contribution in [1.82, 2.24) is 0 Å². The number of hydrogen-bond acceptors (Lipinski definition) is 5. The van der Waals surface area contributed by atoms with Crippen molar-refractivity contribution in [3.8, 4) is 6.07 Å². The highest BCUT2D eigenvalue weighted by Crippen LogP contribution is 2.40. The Morgan fingerprint density at radius 3 is 2.76 bits per heavy atom. The Morgan fingerprint density at radius 2 is 2.29 bits per heavy atom. The van der Waals surface area contributed by atoms with E-state index in [9.17, 15) is 10.1 Å². The van der Waals surface area contributed by atoms with Crippen molar-refractivity contribution < 1.29 is 10.0 Å². The molecule has 1 aliphatic rings. The Morgan fingerprint density at radius 1 is 1.59 bits per heavy atom. The van der Waals surface area contributed by atoms with Gasteiger partial charge in [0.2, 0.25) is 0 Å². The Balaban J connectivity index is 2.33. The Bertz CT molecular complexity index is 503. The summed E-state index contributed by atoms with van der Waals surface area (Å²) in [5, 5.41) is 31.7. The van der Waals surface area contributed by atoms with E-state index in [0.717, 1.165) is 12.8 Å². The molecule has 6 nitrogen and oxygen atoms in total. The fraction of sp³-hybridized carbons (Fsp3) is 0.364. The van der Waals surface area contributed by atoms with Crippen LogP contribution in [0.4, 0.5) is 11.4 Å². The standard InChI is InChI=1S/C11H11N3O3/c12-6-8-1-2-9(10(5-8)14(16)17)13-11(7-15)3-4-11/h1-2,5,13,15H,3-4,7H2. The van der Waals surface area contributed by atoms with Crippen LogP contribution in [-0.4, -0.2) is 22.2 Å². The second-order valence-corrected chi connectivity index (χ2v) is 4.16. The largest absolute Gasteiger partial charge is 0.394 e. The van der Waals surface area contributed by atoms with Gasteiger partial charge in [0.1, 0.15) is 5.69 Å². The number of aliphatic hydroxyl groups excluding tert-OH is 1. The van der Waals surface area contributed by atoms with Gasteiger partial charge in [-0.3, -0.25) is 10.1 Å². The first-order valence-corrected chi connectivity index (χ1v) is 5.18. The molecule has 1 aliphatic carbocycles. The van der Waals surface area contributed by atoms with Crippen LogP contribution >= 0.6 is 0 Å². The van der Waals surface area contributed by atoms with Crippen molar-refractivity contribution in [1.29, 1.82) is 5.26 Å². The van der Waals surface area contributed by atoms with Crippen LogP contribution in [0.1, 0.15) is 18.4 Å². The Labute approximate surface area is 97.6 Å². The average molecular weight is 233 g/mol. The molecule has 6 heteroatoms. The Kier molecular flexibility index (Phi) is 2.69. The number of aliphatic hydroxyl groups is 1. The molecule has 0 aliphatic heterocycles. The molecule has 1 fully saturated rings. The highest BCUT2D eigenvalue weighted by molar-refractivity contribution is 5.65. The van der Waals surface area contributed by atoms with Crippen molar-refractivity contribution in [3.63, 3.8) is 0 Å². The van der Waals surface area contributed by atoms with Crippen LogP contribution in [0.25, 0.3) is 0 Å². The minimum absolute atomic E-state index is 0.0514. The molecule has 1 saturated carbocycles. The summed E-state index contributed by atoms with van der Waals surface area (Å²) in [6.07, 6.45) is 1.58. The van der Waals surface area contributed by atoms with E-state index in [0.29, 0.717) is 5.69 Å². The summed E-state index contributed by atoms with van der Waals surface area (Å²) in [6.45, 7) is -0.0514. The molecule has 0 unspecified atom stereocenters. The molecule has 0 atom stereocenters. The number of anilines is 1. The van der Waals surface area contributed by atoms with Gasteiger partial charge in [0, 0.05) is 6.07 Å². The maximum absolute atomic E-state index is 10.9. The van der Waals surface area contributed by atoms with E-state index >= 15 is 0 Å². The normalized spacial score (nSPS) is 16.0. The van der Waals surface area contributed by atoms with Crippen LogP contribution in [0, 0.1) is 21.4 Å². The summed E-state index contributed by atoms with van der Waals surface area (Å²) >= 11 is 0. The maximum Gasteiger partial charge on any atom is 0.293 e. The fourth-order valence-electron chi connectivity index (χ4n) is 1.62. The van der Waals surface area contributed by atoms with Gasteiger partial charge in [-0.15, -0.1) is 0 Å². The lowest BCUT2D eigenvalue weighted by Gasteiger charge is -2.15. The summed E-state index contributed by atoms with van der Waals surface area (Å²) < 4.78 is 0. The van der Waals surface area contributed by atoms with Gasteiger partial charge in [0.05, 0.1) is 28.7 Å². The molecule has 1 aromatic carbocycles. The van der Waals surface area contributed by atoms with Gasteiger partial charge >= 0.3 is 0 Å². The molecule has 0 spiro atoms. The zero-order valence-electron chi connectivity index (χ0n) is 9.01. The van der Waals surface area contributed by atoms with E-state index in [1.54, 1.807) is 0 Å². The zero-order chi connectivity index (χ0) is 12.5. The molecule has 17 heavy (non-hydrogen) atoms. The smallest absolute Gasteiger partial charge is 0.293 e. The van der Waals surface area contributed by atoms with E-state index in [2.05, 4.69) is 5.32 Å². The van der Waals surface area contributed by atoms with Gasteiger partial charge in [-0.2, -0.15) is 5.26 Å². The molecule has 0 bridgehead atoms. The summed E-state index contributed by atoms with van der Waals surface area (Å²) in [7, 11) is 0. The summed E-state index contributed by atoms with van der Waals surface area (Å²) in [4.78, 5) is 10.3. The van der Waals surface area contributed by atoms with Crippen LogP contribution in [-0.2, 0) is 0 Å². The molecule has 0 saturated heterocycles. The number of nitro benzene ring substituents is 1. The van der Waals surface area contributed by atoms with E-state index in [-0.39, 0.29) is 17.9 Å². The predicted molar refractivity (Wildman–Crippen MR) is 60.5 cm³/mol. The molecule has 0 amide bonds. The van der Waals surface area contributed by atoms with Crippen molar-refractivity contribution in [2.45, 2.75) is 18.4 Å². The second kappa shape index (κ2) is 4.03. The fourth-order valence-corrected chi connectivity index (χ4v) is 1.62. The first-order valence-electron chi connectivity index (χ1n) is 5.18. The van der Waals surface area contributed by atoms with E-state index in [1.807, 2.05) is 6.07 Å². The zero-order valence-corrected chi connectivity index (χ0v) is 9.01. The van der Waals surface area contributed by atoms with Crippen molar-refractivity contribution in [3.05, 3.63) is 33.9 Å². The Hall–Kier alpha value is -2.13. The molecule has 88 valence electrons. The molecule has 2 N–H and O–H groups in total. The quantitative estimate of drug-likeness (QED) is 0.605. The molecular formula is C11H11N3O3. The molecule has 0 heterocycles. The average Bonchev–Trinajstić information content (AvgIpc) is 3.10. The van der Waals surface area contributed by atoms with Gasteiger partial charge < -0.3 is 10.4 Å². The van der Waals surface area contributed by atoms with Gasteiger partial charge in [-0.1, -0.05) is 0 Å². The van der Waals surface area contributed by atoms with Gasteiger partial charge in [0.25, 0.3) is 5.69 Å². The number of benzene rings is 1. The topological polar surface area (TPSA) is 99.2 Å². The SMILES string of the molecule is N#Cc1ccc(NC2(CO)CC2)c([N+](=O)[O-])c1. The lowest BCUT2D eigenvalue weighted by atomic mass is 10.1. The summed E-state index contributed by atoms with van der Waals surface area (Å²) in [6, 6.07) is 6.12. The predicted octanol–water partition coefficient (Wildman–Crippen LogP) is 1.40. The number of hydrogen-bond donors (Lipinski definition) is 2.